The van der Waals surface area contributed by atoms with Crippen LogP contribution in [-0.4, -0.2) is 31.5 Å². The zero-order valence-electron chi connectivity index (χ0n) is 14.7. The monoisotopic (exact) mass is 360 g/mol. The molecule has 1 aliphatic heterocycles. The maximum atomic E-state index is 12.5. The molecular formula is C18H24N4O2S. The van der Waals surface area contributed by atoms with Gasteiger partial charge < -0.3 is 4.90 Å². The summed E-state index contributed by atoms with van der Waals surface area (Å²) in [5.74, 6) is 1.38. The fraction of sp³-hybridized carbons (Fsp3) is 0.444. The second-order valence-corrected chi connectivity index (χ2v) is 8.24. The van der Waals surface area contributed by atoms with E-state index in [0.29, 0.717) is 5.82 Å². The Hall–Kier alpha value is -1.99. The number of nitrogens with one attached hydrogen (secondary N) is 1. The van der Waals surface area contributed by atoms with Crippen LogP contribution in [0.4, 0.5) is 5.82 Å². The van der Waals surface area contributed by atoms with E-state index < -0.39 is 10.0 Å². The molecule has 0 amide bonds. The molecule has 2 heterocycles. The van der Waals surface area contributed by atoms with Gasteiger partial charge in [0.15, 0.2) is 0 Å². The van der Waals surface area contributed by atoms with Crippen LogP contribution in [-0.2, 0) is 16.6 Å². The number of sulfonamides is 1. The van der Waals surface area contributed by atoms with Crippen molar-refractivity contribution in [2.75, 3.05) is 18.0 Å². The maximum Gasteiger partial charge on any atom is 0.240 e. The summed E-state index contributed by atoms with van der Waals surface area (Å²) in [6.45, 7) is 5.84. The highest BCUT2D eigenvalue weighted by atomic mass is 32.2. The van der Waals surface area contributed by atoms with Crippen LogP contribution in [0.5, 0.6) is 0 Å². The van der Waals surface area contributed by atoms with E-state index in [1.54, 1.807) is 18.2 Å². The van der Waals surface area contributed by atoms with Gasteiger partial charge in [-0.25, -0.2) is 23.1 Å². The van der Waals surface area contributed by atoms with Crippen molar-refractivity contribution in [2.45, 2.75) is 44.6 Å². The number of aryl methyl sites for hydroxylation is 2. The van der Waals surface area contributed by atoms with Crippen LogP contribution in [0, 0.1) is 13.8 Å². The van der Waals surface area contributed by atoms with Crippen molar-refractivity contribution in [3.05, 3.63) is 47.4 Å². The van der Waals surface area contributed by atoms with Gasteiger partial charge in [-0.1, -0.05) is 12.1 Å². The molecule has 1 saturated heterocycles. The minimum absolute atomic E-state index is 0.0821. The first-order chi connectivity index (χ1) is 11.9. The van der Waals surface area contributed by atoms with Crippen LogP contribution < -0.4 is 9.62 Å². The standard InChI is InChI=1S/C18H24N4O2S/c1-14-7-6-8-16(11-14)25(23,24)19-13-17-20-15(2)12-18(21-17)22-9-4-3-5-10-22/h6-8,11-12,19H,3-5,9-10,13H2,1-2H3. The fourth-order valence-electron chi connectivity index (χ4n) is 3.00. The van der Waals surface area contributed by atoms with Crippen molar-refractivity contribution in [1.29, 1.82) is 0 Å². The van der Waals surface area contributed by atoms with Gasteiger partial charge in [0.25, 0.3) is 0 Å². The lowest BCUT2D eigenvalue weighted by atomic mass is 10.1. The van der Waals surface area contributed by atoms with E-state index in [4.69, 9.17) is 0 Å². The molecule has 1 fully saturated rings. The van der Waals surface area contributed by atoms with Crippen LogP contribution in [0.1, 0.15) is 36.3 Å². The molecule has 0 bridgehead atoms. The second kappa shape index (κ2) is 7.49. The number of anilines is 1. The predicted molar refractivity (Wildman–Crippen MR) is 98.0 cm³/mol. The van der Waals surface area contributed by atoms with Gasteiger partial charge in [-0.3, -0.25) is 0 Å². The highest BCUT2D eigenvalue weighted by Gasteiger charge is 2.17. The molecule has 2 aromatic rings. The Morgan fingerprint density at radius 3 is 2.56 bits per heavy atom. The van der Waals surface area contributed by atoms with Crippen LogP contribution in [0.2, 0.25) is 0 Å². The summed E-state index contributed by atoms with van der Waals surface area (Å²) in [6.07, 6.45) is 3.58. The summed E-state index contributed by atoms with van der Waals surface area (Å²) in [6, 6.07) is 8.81. The van der Waals surface area contributed by atoms with Crippen LogP contribution in [0.15, 0.2) is 35.2 Å². The maximum absolute atomic E-state index is 12.5. The van der Waals surface area contributed by atoms with Crippen molar-refractivity contribution >= 4 is 15.8 Å². The number of nitrogens with zero attached hydrogens (tertiary/aromatic N) is 3. The van der Waals surface area contributed by atoms with Gasteiger partial charge in [-0.15, -0.1) is 0 Å². The van der Waals surface area contributed by atoms with Crippen molar-refractivity contribution in [3.63, 3.8) is 0 Å². The minimum atomic E-state index is -3.58. The quantitative estimate of drug-likeness (QED) is 0.887. The molecule has 25 heavy (non-hydrogen) atoms. The second-order valence-electron chi connectivity index (χ2n) is 6.47. The van der Waals surface area contributed by atoms with Crippen molar-refractivity contribution in [2.24, 2.45) is 0 Å². The summed E-state index contributed by atoms with van der Waals surface area (Å²) in [4.78, 5) is 11.4. The molecule has 1 aromatic carbocycles. The van der Waals surface area contributed by atoms with E-state index in [9.17, 15) is 8.42 Å². The molecule has 1 aromatic heterocycles. The summed E-state index contributed by atoms with van der Waals surface area (Å²) >= 11 is 0. The highest BCUT2D eigenvalue weighted by Crippen LogP contribution is 2.18. The number of rotatable bonds is 5. The topological polar surface area (TPSA) is 75.2 Å². The molecule has 7 heteroatoms. The molecule has 0 unspecified atom stereocenters. The summed E-state index contributed by atoms with van der Waals surface area (Å²) in [5, 5.41) is 0. The molecule has 134 valence electrons. The Morgan fingerprint density at radius 2 is 1.84 bits per heavy atom. The first kappa shape index (κ1) is 17.8. The van der Waals surface area contributed by atoms with Crippen molar-refractivity contribution in [1.82, 2.24) is 14.7 Å². The number of hydrogen-bond acceptors (Lipinski definition) is 5. The summed E-state index contributed by atoms with van der Waals surface area (Å²) in [7, 11) is -3.58. The number of benzene rings is 1. The van der Waals surface area contributed by atoms with E-state index in [-0.39, 0.29) is 11.4 Å². The molecule has 0 aliphatic carbocycles. The SMILES string of the molecule is Cc1cccc(S(=O)(=O)NCc2nc(C)cc(N3CCCCC3)n2)c1. The molecule has 0 atom stereocenters. The number of piperidine rings is 1. The van der Waals surface area contributed by atoms with Crippen LogP contribution in [0.3, 0.4) is 0 Å². The fourth-order valence-corrected chi connectivity index (χ4v) is 4.09. The third-order valence-corrected chi connectivity index (χ3v) is 5.69. The number of hydrogen-bond donors (Lipinski definition) is 1. The average Bonchev–Trinajstić information content (AvgIpc) is 2.60. The van der Waals surface area contributed by atoms with Gasteiger partial charge in [0.1, 0.15) is 11.6 Å². The van der Waals surface area contributed by atoms with E-state index in [0.717, 1.165) is 30.2 Å². The molecule has 0 spiro atoms. The van der Waals surface area contributed by atoms with Gasteiger partial charge in [-0.05, 0) is 50.8 Å². The first-order valence-electron chi connectivity index (χ1n) is 8.60. The molecule has 1 aliphatic rings. The Morgan fingerprint density at radius 1 is 1.08 bits per heavy atom. The normalized spacial score (nSPS) is 15.4. The molecule has 6 nitrogen and oxygen atoms in total. The summed E-state index contributed by atoms with van der Waals surface area (Å²) < 4.78 is 27.5. The highest BCUT2D eigenvalue weighted by molar-refractivity contribution is 7.89. The number of aromatic nitrogens is 2. The third-order valence-electron chi connectivity index (χ3n) is 4.29. The first-order valence-corrected chi connectivity index (χ1v) is 10.1. The Labute approximate surface area is 149 Å². The summed E-state index contributed by atoms with van der Waals surface area (Å²) in [5.41, 5.74) is 1.75. The van der Waals surface area contributed by atoms with Crippen molar-refractivity contribution in [3.8, 4) is 0 Å². The van der Waals surface area contributed by atoms with Crippen molar-refractivity contribution < 1.29 is 8.42 Å². The van der Waals surface area contributed by atoms with E-state index in [1.165, 1.54) is 19.3 Å². The molecule has 1 N–H and O–H groups in total. The van der Waals surface area contributed by atoms with E-state index in [2.05, 4.69) is 19.6 Å². The van der Waals surface area contributed by atoms with Crippen LogP contribution in [0.25, 0.3) is 0 Å². The zero-order valence-corrected chi connectivity index (χ0v) is 15.5. The lowest BCUT2D eigenvalue weighted by Gasteiger charge is -2.28. The van der Waals surface area contributed by atoms with Gasteiger partial charge in [0.05, 0.1) is 11.4 Å². The Kier molecular flexibility index (Phi) is 5.34. The lowest BCUT2D eigenvalue weighted by molar-refractivity contribution is 0.569. The lowest BCUT2D eigenvalue weighted by Crippen LogP contribution is -2.31. The van der Waals surface area contributed by atoms with Gasteiger partial charge >= 0.3 is 0 Å². The average molecular weight is 360 g/mol. The Balaban J connectivity index is 1.75. The molecule has 0 radical (unpaired) electrons. The van der Waals surface area contributed by atoms with Gasteiger partial charge in [0.2, 0.25) is 10.0 Å². The molecule has 0 saturated carbocycles. The molecular weight excluding hydrogens is 336 g/mol. The van der Waals surface area contributed by atoms with E-state index >= 15 is 0 Å². The molecule has 3 rings (SSSR count). The zero-order chi connectivity index (χ0) is 17.9. The predicted octanol–water partition coefficient (Wildman–Crippen LogP) is 2.56. The smallest absolute Gasteiger partial charge is 0.240 e. The van der Waals surface area contributed by atoms with E-state index in [1.807, 2.05) is 26.0 Å². The van der Waals surface area contributed by atoms with Gasteiger partial charge in [-0.2, -0.15) is 0 Å². The Bertz CT molecular complexity index is 846. The largest absolute Gasteiger partial charge is 0.357 e. The third kappa shape index (κ3) is 4.55. The minimum Gasteiger partial charge on any atom is -0.357 e. The van der Waals surface area contributed by atoms with Crippen LogP contribution >= 0.6 is 0 Å². The van der Waals surface area contributed by atoms with Gasteiger partial charge in [0, 0.05) is 24.8 Å².